The molecular weight excluding hydrogens is 250 g/mol. The van der Waals surface area contributed by atoms with E-state index >= 15 is 0 Å². The lowest BCUT2D eigenvalue weighted by Crippen LogP contribution is -2.63. The van der Waals surface area contributed by atoms with Crippen LogP contribution in [-0.2, 0) is 4.79 Å². The second-order valence-electron chi connectivity index (χ2n) is 7.50. The van der Waals surface area contributed by atoms with E-state index in [1.54, 1.807) is 0 Å². The summed E-state index contributed by atoms with van der Waals surface area (Å²) >= 11 is 0. The summed E-state index contributed by atoms with van der Waals surface area (Å²) in [5, 5.41) is 6.93. The Morgan fingerprint density at radius 2 is 1.75 bits per heavy atom. The van der Waals surface area contributed by atoms with Gasteiger partial charge in [-0.05, 0) is 60.5 Å². The maximum absolute atomic E-state index is 12.5. The molecule has 1 fully saturated rings. The SMILES string of the molecule is CCC(C(=O)NC1CC(C)(C)NC(C)(C)C1)N(C)CC. The normalized spacial score (nSPS) is 23.6. The van der Waals surface area contributed by atoms with Gasteiger partial charge in [0.25, 0.3) is 0 Å². The van der Waals surface area contributed by atoms with Gasteiger partial charge in [-0.25, -0.2) is 0 Å². The maximum Gasteiger partial charge on any atom is 0.237 e. The summed E-state index contributed by atoms with van der Waals surface area (Å²) in [5.41, 5.74) is 0.135. The van der Waals surface area contributed by atoms with Crippen molar-refractivity contribution in [3.8, 4) is 0 Å². The first kappa shape index (κ1) is 17.4. The largest absolute Gasteiger partial charge is 0.352 e. The molecule has 1 rings (SSSR count). The standard InChI is InChI=1S/C16H33N3O/c1-8-13(19(7)9-2)14(20)17-12-10-15(3,4)18-16(5,6)11-12/h12-13,18H,8-11H2,1-7H3,(H,17,20). The average Bonchev–Trinajstić information content (AvgIpc) is 2.24. The summed E-state index contributed by atoms with van der Waals surface area (Å²) in [4.78, 5) is 14.6. The predicted octanol–water partition coefficient (Wildman–Crippen LogP) is 2.14. The number of carbonyl (C=O) groups is 1. The van der Waals surface area contributed by atoms with Crippen LogP contribution in [0.15, 0.2) is 0 Å². The smallest absolute Gasteiger partial charge is 0.237 e. The van der Waals surface area contributed by atoms with Crippen molar-refractivity contribution in [3.63, 3.8) is 0 Å². The monoisotopic (exact) mass is 283 g/mol. The van der Waals surface area contributed by atoms with Crippen LogP contribution < -0.4 is 10.6 Å². The Bertz CT molecular complexity index is 323. The van der Waals surface area contributed by atoms with Crippen molar-refractivity contribution in [2.45, 2.75) is 84.0 Å². The predicted molar refractivity (Wildman–Crippen MR) is 84.8 cm³/mol. The first-order chi connectivity index (χ1) is 9.10. The van der Waals surface area contributed by atoms with Crippen LogP contribution >= 0.6 is 0 Å². The molecule has 0 bridgehead atoms. The number of rotatable bonds is 5. The highest BCUT2D eigenvalue weighted by Crippen LogP contribution is 2.28. The minimum atomic E-state index is -0.0129. The molecule has 1 atom stereocenters. The molecule has 4 heteroatoms. The molecule has 20 heavy (non-hydrogen) atoms. The van der Waals surface area contributed by atoms with Gasteiger partial charge in [0.15, 0.2) is 0 Å². The highest BCUT2D eigenvalue weighted by molar-refractivity contribution is 5.82. The number of carbonyl (C=O) groups excluding carboxylic acids is 1. The molecule has 0 aliphatic carbocycles. The first-order valence-electron chi connectivity index (χ1n) is 7.90. The van der Waals surface area contributed by atoms with Gasteiger partial charge < -0.3 is 10.6 Å². The molecule has 0 radical (unpaired) electrons. The van der Waals surface area contributed by atoms with Gasteiger partial charge in [0.1, 0.15) is 0 Å². The number of amides is 1. The summed E-state index contributed by atoms with van der Waals surface area (Å²) in [7, 11) is 2.02. The average molecular weight is 283 g/mol. The Morgan fingerprint density at radius 3 is 2.15 bits per heavy atom. The summed E-state index contributed by atoms with van der Waals surface area (Å²) in [6.45, 7) is 13.9. The highest BCUT2D eigenvalue weighted by atomic mass is 16.2. The van der Waals surface area contributed by atoms with E-state index in [0.29, 0.717) is 0 Å². The van der Waals surface area contributed by atoms with E-state index < -0.39 is 0 Å². The molecule has 0 aromatic heterocycles. The van der Waals surface area contributed by atoms with Crippen LogP contribution in [0.25, 0.3) is 0 Å². The highest BCUT2D eigenvalue weighted by Gasteiger charge is 2.38. The zero-order valence-corrected chi connectivity index (χ0v) is 14.3. The van der Waals surface area contributed by atoms with E-state index in [2.05, 4.69) is 57.1 Å². The molecule has 118 valence electrons. The van der Waals surface area contributed by atoms with Crippen LogP contribution in [0.4, 0.5) is 0 Å². The molecule has 0 aromatic carbocycles. The molecule has 1 aliphatic heterocycles. The van der Waals surface area contributed by atoms with Crippen molar-refractivity contribution >= 4 is 5.91 Å². The zero-order valence-electron chi connectivity index (χ0n) is 14.3. The number of hydrogen-bond acceptors (Lipinski definition) is 3. The molecule has 0 spiro atoms. The van der Waals surface area contributed by atoms with Gasteiger partial charge in [-0.1, -0.05) is 13.8 Å². The molecule has 1 amide bonds. The van der Waals surface area contributed by atoms with E-state index in [9.17, 15) is 4.79 Å². The Labute approximate surface area is 124 Å². The van der Waals surface area contributed by atoms with Crippen LogP contribution in [0.5, 0.6) is 0 Å². The quantitative estimate of drug-likeness (QED) is 0.812. The third kappa shape index (κ3) is 4.74. The Balaban J connectivity index is 2.69. The van der Waals surface area contributed by atoms with Crippen molar-refractivity contribution in [3.05, 3.63) is 0 Å². The van der Waals surface area contributed by atoms with E-state index in [1.807, 2.05) is 7.05 Å². The lowest BCUT2D eigenvalue weighted by atomic mass is 9.79. The zero-order chi connectivity index (χ0) is 15.6. The van der Waals surface area contributed by atoms with Crippen molar-refractivity contribution < 1.29 is 4.79 Å². The summed E-state index contributed by atoms with van der Waals surface area (Å²) in [5.74, 6) is 0.176. The number of piperidine rings is 1. The van der Waals surface area contributed by atoms with Crippen LogP contribution in [0, 0.1) is 0 Å². The van der Waals surface area contributed by atoms with Gasteiger partial charge >= 0.3 is 0 Å². The number of nitrogens with one attached hydrogen (secondary N) is 2. The van der Waals surface area contributed by atoms with Gasteiger partial charge in [-0.15, -0.1) is 0 Å². The number of likely N-dealkylation sites (N-methyl/N-ethyl adjacent to an activating group) is 1. The Kier molecular flexibility index (Phi) is 5.61. The van der Waals surface area contributed by atoms with Gasteiger partial charge in [-0.2, -0.15) is 0 Å². The molecule has 0 aromatic rings. The third-order valence-corrected chi connectivity index (χ3v) is 4.26. The lowest BCUT2D eigenvalue weighted by Gasteiger charge is -2.47. The molecule has 0 saturated carbocycles. The van der Waals surface area contributed by atoms with Gasteiger partial charge in [0.2, 0.25) is 5.91 Å². The summed E-state index contributed by atoms with van der Waals surface area (Å²) < 4.78 is 0. The fourth-order valence-corrected chi connectivity index (χ4v) is 3.64. The van der Waals surface area contributed by atoms with Crippen molar-refractivity contribution in [2.24, 2.45) is 0 Å². The second-order valence-corrected chi connectivity index (χ2v) is 7.50. The molecule has 2 N–H and O–H groups in total. The van der Waals surface area contributed by atoms with E-state index in [0.717, 1.165) is 25.8 Å². The fraction of sp³-hybridized carbons (Fsp3) is 0.938. The van der Waals surface area contributed by atoms with Crippen LogP contribution in [0.2, 0.25) is 0 Å². The minimum absolute atomic E-state index is 0.0129. The fourth-order valence-electron chi connectivity index (χ4n) is 3.64. The molecule has 1 heterocycles. The lowest BCUT2D eigenvalue weighted by molar-refractivity contribution is -0.127. The van der Waals surface area contributed by atoms with Gasteiger partial charge in [0, 0.05) is 17.1 Å². The summed E-state index contributed by atoms with van der Waals surface area (Å²) in [6.07, 6.45) is 2.82. The maximum atomic E-state index is 12.5. The molecule has 4 nitrogen and oxygen atoms in total. The van der Waals surface area contributed by atoms with E-state index in [1.165, 1.54) is 0 Å². The van der Waals surface area contributed by atoms with Crippen molar-refractivity contribution in [2.75, 3.05) is 13.6 Å². The molecular formula is C16H33N3O. The third-order valence-electron chi connectivity index (χ3n) is 4.26. The van der Waals surface area contributed by atoms with Gasteiger partial charge in [-0.3, -0.25) is 9.69 Å². The minimum Gasteiger partial charge on any atom is -0.352 e. The Morgan fingerprint density at radius 1 is 1.25 bits per heavy atom. The molecule has 1 aliphatic rings. The van der Waals surface area contributed by atoms with Gasteiger partial charge in [0.05, 0.1) is 6.04 Å². The molecule has 1 unspecified atom stereocenters. The first-order valence-corrected chi connectivity index (χ1v) is 7.90. The number of nitrogens with zero attached hydrogens (tertiary/aromatic N) is 1. The number of hydrogen-bond donors (Lipinski definition) is 2. The second kappa shape index (κ2) is 6.44. The molecule has 1 saturated heterocycles. The Hall–Kier alpha value is -0.610. The van der Waals surface area contributed by atoms with Crippen molar-refractivity contribution in [1.29, 1.82) is 0 Å². The van der Waals surface area contributed by atoms with E-state index in [-0.39, 0.29) is 29.1 Å². The summed E-state index contributed by atoms with van der Waals surface area (Å²) in [6, 6.07) is 0.245. The van der Waals surface area contributed by atoms with E-state index in [4.69, 9.17) is 0 Å². The van der Waals surface area contributed by atoms with Crippen LogP contribution in [-0.4, -0.2) is 47.6 Å². The van der Waals surface area contributed by atoms with Crippen molar-refractivity contribution in [1.82, 2.24) is 15.5 Å². The topological polar surface area (TPSA) is 44.4 Å². The van der Waals surface area contributed by atoms with Crippen LogP contribution in [0.1, 0.15) is 60.8 Å². The van der Waals surface area contributed by atoms with Crippen LogP contribution in [0.3, 0.4) is 0 Å².